The molecule has 1 aliphatic rings. The van der Waals surface area contributed by atoms with Gasteiger partial charge >= 0.3 is 0 Å². The molecule has 1 aliphatic heterocycles. The van der Waals surface area contributed by atoms with Gasteiger partial charge in [0.2, 0.25) is 0 Å². The van der Waals surface area contributed by atoms with Crippen molar-refractivity contribution in [2.75, 3.05) is 4.90 Å². The normalized spacial score (nSPS) is 17.0. The number of carbonyl (C=O) groups excluding carboxylic acids is 2. The van der Waals surface area contributed by atoms with Crippen LogP contribution in [0.3, 0.4) is 0 Å². The summed E-state index contributed by atoms with van der Waals surface area (Å²) in [5.74, 6) is -0.639. The number of carbonyl (C=O) groups is 2. The van der Waals surface area contributed by atoms with E-state index in [1.165, 1.54) is 24.5 Å². The molecular weight excluding hydrogens is 317 g/mol. The topological polar surface area (TPSA) is 50.5 Å². The Morgan fingerprint density at radius 2 is 2.10 bits per heavy atom. The molecule has 1 fully saturated rings. The van der Waals surface area contributed by atoms with E-state index in [0.29, 0.717) is 5.76 Å². The van der Waals surface area contributed by atoms with Crippen molar-refractivity contribution < 1.29 is 18.4 Å². The lowest BCUT2D eigenvalue weighted by atomic mass is 10.2. The van der Waals surface area contributed by atoms with E-state index in [0.717, 1.165) is 22.7 Å². The summed E-state index contributed by atoms with van der Waals surface area (Å²) in [4.78, 5) is 25.4. The summed E-state index contributed by atoms with van der Waals surface area (Å²) in [6.07, 6.45) is 2.95. The molecule has 2 aromatic rings. The standard InChI is InChI=1S/C14H7ClFNO3S/c15-10-6-8(3-4-11(10)16)17-13(18)12(21-14(17)19)7-9-2-1-5-20-9/h1-7H/b12-7+. The highest BCUT2D eigenvalue weighted by Gasteiger charge is 2.36. The lowest BCUT2D eigenvalue weighted by Gasteiger charge is -2.12. The van der Waals surface area contributed by atoms with Gasteiger partial charge in [0.15, 0.2) is 0 Å². The minimum Gasteiger partial charge on any atom is -0.465 e. The SMILES string of the molecule is O=C1S/C(=C/c2ccco2)C(=O)N1c1ccc(F)c(Cl)c1. The van der Waals surface area contributed by atoms with Crippen molar-refractivity contribution in [3.63, 3.8) is 0 Å². The predicted octanol–water partition coefficient (Wildman–Crippen LogP) is 4.31. The summed E-state index contributed by atoms with van der Waals surface area (Å²) in [7, 11) is 0. The van der Waals surface area contributed by atoms with Crippen LogP contribution in [0, 0.1) is 5.82 Å². The Bertz CT molecular complexity index is 758. The van der Waals surface area contributed by atoms with Gasteiger partial charge in [-0.05, 0) is 42.1 Å². The fourth-order valence-electron chi connectivity index (χ4n) is 1.82. The number of thioether (sulfide) groups is 1. The van der Waals surface area contributed by atoms with Gasteiger partial charge in [-0.2, -0.15) is 0 Å². The Kier molecular flexibility index (Phi) is 3.57. The molecule has 3 rings (SSSR count). The number of furan rings is 1. The van der Waals surface area contributed by atoms with Gasteiger partial charge in [0.25, 0.3) is 11.1 Å². The van der Waals surface area contributed by atoms with Gasteiger partial charge in [0, 0.05) is 6.08 Å². The van der Waals surface area contributed by atoms with Crippen molar-refractivity contribution >= 4 is 46.3 Å². The van der Waals surface area contributed by atoms with Crippen LogP contribution in [0.4, 0.5) is 14.9 Å². The zero-order chi connectivity index (χ0) is 15.0. The number of amides is 2. The molecule has 0 atom stereocenters. The molecule has 4 nitrogen and oxygen atoms in total. The highest BCUT2D eigenvalue weighted by molar-refractivity contribution is 8.19. The van der Waals surface area contributed by atoms with E-state index in [4.69, 9.17) is 16.0 Å². The largest absolute Gasteiger partial charge is 0.465 e. The van der Waals surface area contributed by atoms with Crippen molar-refractivity contribution in [1.82, 2.24) is 0 Å². The summed E-state index contributed by atoms with van der Waals surface area (Å²) in [5.41, 5.74) is 0.228. The minimum absolute atomic E-state index is 0.151. The van der Waals surface area contributed by atoms with Crippen LogP contribution < -0.4 is 4.90 Å². The molecule has 0 N–H and O–H groups in total. The second kappa shape index (κ2) is 5.38. The lowest BCUT2D eigenvalue weighted by Crippen LogP contribution is -2.27. The molecule has 0 bridgehead atoms. The van der Waals surface area contributed by atoms with E-state index in [1.54, 1.807) is 12.1 Å². The third-order valence-electron chi connectivity index (χ3n) is 2.77. The quantitative estimate of drug-likeness (QED) is 0.773. The van der Waals surface area contributed by atoms with Crippen LogP contribution in [0.1, 0.15) is 5.76 Å². The van der Waals surface area contributed by atoms with Gasteiger partial charge in [-0.25, -0.2) is 9.29 Å². The van der Waals surface area contributed by atoms with Gasteiger partial charge in [-0.15, -0.1) is 0 Å². The summed E-state index contributed by atoms with van der Waals surface area (Å²) >= 11 is 6.47. The Labute approximate surface area is 128 Å². The highest BCUT2D eigenvalue weighted by atomic mass is 35.5. The Morgan fingerprint density at radius 3 is 2.76 bits per heavy atom. The zero-order valence-corrected chi connectivity index (χ0v) is 12.0. The van der Waals surface area contributed by atoms with Gasteiger partial charge in [0.1, 0.15) is 11.6 Å². The number of rotatable bonds is 2. The lowest BCUT2D eigenvalue weighted by molar-refractivity contribution is -0.113. The molecule has 0 radical (unpaired) electrons. The smallest absolute Gasteiger partial charge is 0.298 e. The van der Waals surface area contributed by atoms with Crippen LogP contribution >= 0.6 is 23.4 Å². The van der Waals surface area contributed by atoms with Gasteiger partial charge in [-0.3, -0.25) is 9.59 Å². The molecule has 1 aromatic carbocycles. The van der Waals surface area contributed by atoms with Crippen LogP contribution in [0.2, 0.25) is 5.02 Å². The third kappa shape index (κ3) is 2.59. The fraction of sp³-hybridized carbons (Fsp3) is 0. The fourth-order valence-corrected chi connectivity index (χ4v) is 2.81. The predicted molar refractivity (Wildman–Crippen MR) is 78.6 cm³/mol. The Hall–Kier alpha value is -2.05. The van der Waals surface area contributed by atoms with Crippen molar-refractivity contribution in [2.24, 2.45) is 0 Å². The molecule has 7 heteroatoms. The van der Waals surface area contributed by atoms with Crippen LogP contribution in [0.5, 0.6) is 0 Å². The van der Waals surface area contributed by atoms with Crippen LogP contribution in [-0.2, 0) is 4.79 Å². The van der Waals surface area contributed by atoms with Crippen molar-refractivity contribution in [3.05, 3.63) is 58.1 Å². The second-order valence-electron chi connectivity index (χ2n) is 4.13. The third-order valence-corrected chi connectivity index (χ3v) is 3.93. The maximum Gasteiger partial charge on any atom is 0.298 e. The molecule has 0 spiro atoms. The molecule has 2 heterocycles. The van der Waals surface area contributed by atoms with E-state index in [1.807, 2.05) is 0 Å². The molecule has 21 heavy (non-hydrogen) atoms. The van der Waals surface area contributed by atoms with E-state index < -0.39 is 17.0 Å². The number of hydrogen-bond acceptors (Lipinski definition) is 4. The van der Waals surface area contributed by atoms with Gasteiger partial charge < -0.3 is 4.42 Å². The van der Waals surface area contributed by atoms with Crippen molar-refractivity contribution in [3.8, 4) is 0 Å². The molecule has 2 amide bonds. The Morgan fingerprint density at radius 1 is 1.29 bits per heavy atom. The second-order valence-corrected chi connectivity index (χ2v) is 5.53. The minimum atomic E-state index is -0.612. The van der Waals surface area contributed by atoms with E-state index in [2.05, 4.69) is 0 Å². The molecular formula is C14H7ClFNO3S. The molecule has 0 saturated carbocycles. The monoisotopic (exact) mass is 323 g/mol. The number of imide groups is 1. The summed E-state index contributed by atoms with van der Waals surface area (Å²) in [6, 6.07) is 7.02. The average Bonchev–Trinajstić information content (AvgIpc) is 3.03. The van der Waals surface area contributed by atoms with Crippen molar-refractivity contribution in [1.29, 1.82) is 0 Å². The first-order valence-electron chi connectivity index (χ1n) is 5.83. The number of anilines is 1. The van der Waals surface area contributed by atoms with Crippen LogP contribution in [0.15, 0.2) is 45.9 Å². The summed E-state index contributed by atoms with van der Waals surface area (Å²) in [5, 5.41) is -0.623. The number of benzene rings is 1. The molecule has 0 aliphatic carbocycles. The van der Waals surface area contributed by atoms with E-state index in [9.17, 15) is 14.0 Å². The first-order chi connectivity index (χ1) is 10.1. The summed E-state index contributed by atoms with van der Waals surface area (Å²) < 4.78 is 18.3. The maximum atomic E-state index is 13.2. The highest BCUT2D eigenvalue weighted by Crippen LogP contribution is 2.36. The number of nitrogens with zero attached hydrogens (tertiary/aromatic N) is 1. The van der Waals surface area contributed by atoms with Crippen molar-refractivity contribution in [2.45, 2.75) is 0 Å². The van der Waals surface area contributed by atoms with Gasteiger partial charge in [0.05, 0.1) is 21.9 Å². The zero-order valence-electron chi connectivity index (χ0n) is 10.4. The van der Waals surface area contributed by atoms with Gasteiger partial charge in [-0.1, -0.05) is 11.6 Å². The molecule has 1 saturated heterocycles. The summed E-state index contributed by atoms with van der Waals surface area (Å²) in [6.45, 7) is 0. The molecule has 1 aromatic heterocycles. The number of hydrogen-bond donors (Lipinski definition) is 0. The molecule has 0 unspecified atom stereocenters. The van der Waals surface area contributed by atoms with E-state index in [-0.39, 0.29) is 15.6 Å². The number of halogens is 2. The van der Waals surface area contributed by atoms with E-state index >= 15 is 0 Å². The Balaban J connectivity index is 1.95. The first kappa shape index (κ1) is 13.9. The molecule has 106 valence electrons. The average molecular weight is 324 g/mol. The van der Waals surface area contributed by atoms with Crippen LogP contribution in [0.25, 0.3) is 6.08 Å². The maximum absolute atomic E-state index is 13.2. The first-order valence-corrected chi connectivity index (χ1v) is 7.02. The van der Waals surface area contributed by atoms with Crippen LogP contribution in [-0.4, -0.2) is 11.1 Å².